The van der Waals surface area contributed by atoms with Gasteiger partial charge in [-0.05, 0) is 11.8 Å². The number of nitrogens with two attached hydrogens (primary N) is 1. The maximum Gasteiger partial charge on any atom is 0.113 e. The van der Waals surface area contributed by atoms with Crippen LogP contribution in [0.4, 0.5) is 0 Å². The minimum atomic E-state index is 0.194. The Morgan fingerprint density at radius 1 is 1.69 bits per heavy atom. The fourth-order valence-corrected chi connectivity index (χ4v) is 3.17. The Bertz CT molecular complexity index is 364. The molecule has 1 aliphatic heterocycles. The van der Waals surface area contributed by atoms with Crippen molar-refractivity contribution in [3.05, 3.63) is 15.5 Å². The predicted octanol–water partition coefficient (Wildman–Crippen LogP) is 2.36. The molecule has 1 saturated heterocycles. The second kappa shape index (κ2) is 4.61. The summed E-state index contributed by atoms with van der Waals surface area (Å²) in [4.78, 5) is 6.71. The lowest BCUT2D eigenvalue weighted by molar-refractivity contribution is 0.0898. The fraction of sp³-hybridized carbons (Fsp3) is 0.727. The van der Waals surface area contributed by atoms with Gasteiger partial charge in [0, 0.05) is 19.1 Å². The van der Waals surface area contributed by atoms with Crippen LogP contribution in [0.3, 0.4) is 0 Å². The van der Waals surface area contributed by atoms with Crippen LogP contribution < -0.4 is 5.73 Å². The van der Waals surface area contributed by atoms with Gasteiger partial charge >= 0.3 is 0 Å². The van der Waals surface area contributed by atoms with Crippen molar-refractivity contribution in [2.75, 3.05) is 13.1 Å². The number of likely N-dealkylation sites (tertiary alicyclic amines) is 1. The van der Waals surface area contributed by atoms with Gasteiger partial charge in [-0.15, -0.1) is 11.3 Å². The first kappa shape index (κ1) is 12.3. The van der Waals surface area contributed by atoms with Crippen LogP contribution in [-0.4, -0.2) is 29.0 Å². The van der Waals surface area contributed by atoms with Gasteiger partial charge in [-0.2, -0.15) is 0 Å². The van der Waals surface area contributed by atoms with Crippen molar-refractivity contribution in [1.82, 2.24) is 9.88 Å². The molecule has 1 unspecified atom stereocenters. The van der Waals surface area contributed by atoms with Crippen molar-refractivity contribution in [2.45, 2.75) is 32.9 Å². The summed E-state index contributed by atoms with van der Waals surface area (Å²) >= 11 is 7.44. The van der Waals surface area contributed by atoms with E-state index in [0.717, 1.165) is 35.4 Å². The van der Waals surface area contributed by atoms with Crippen LogP contribution >= 0.6 is 22.9 Å². The summed E-state index contributed by atoms with van der Waals surface area (Å²) in [7, 11) is 0. The SMILES string of the molecule is CC1(C)CN(Cc2ncc(Cl)s2)CCC1N. The number of hydrogen-bond acceptors (Lipinski definition) is 4. The highest BCUT2D eigenvalue weighted by Crippen LogP contribution is 2.29. The minimum absolute atomic E-state index is 0.194. The Kier molecular flexibility index (Phi) is 3.54. The molecule has 0 spiro atoms. The van der Waals surface area contributed by atoms with E-state index >= 15 is 0 Å². The summed E-state index contributed by atoms with van der Waals surface area (Å²) in [5, 5.41) is 1.09. The Morgan fingerprint density at radius 2 is 2.44 bits per heavy atom. The van der Waals surface area contributed by atoms with Gasteiger partial charge in [0.25, 0.3) is 0 Å². The molecule has 1 fully saturated rings. The van der Waals surface area contributed by atoms with Crippen molar-refractivity contribution in [3.63, 3.8) is 0 Å². The van der Waals surface area contributed by atoms with Gasteiger partial charge in [0.1, 0.15) is 9.34 Å². The third-order valence-corrected chi connectivity index (χ3v) is 4.38. The molecule has 1 aromatic heterocycles. The molecule has 0 amide bonds. The summed E-state index contributed by atoms with van der Waals surface area (Å²) in [5.41, 5.74) is 6.31. The number of aromatic nitrogens is 1. The molecule has 90 valence electrons. The van der Waals surface area contributed by atoms with Gasteiger partial charge in [0.2, 0.25) is 0 Å². The zero-order valence-electron chi connectivity index (χ0n) is 9.74. The van der Waals surface area contributed by atoms with E-state index in [9.17, 15) is 0 Å². The van der Waals surface area contributed by atoms with Crippen LogP contribution in [0.1, 0.15) is 25.3 Å². The van der Waals surface area contributed by atoms with Gasteiger partial charge in [-0.25, -0.2) is 4.98 Å². The molecule has 2 rings (SSSR count). The van der Waals surface area contributed by atoms with Gasteiger partial charge < -0.3 is 5.73 Å². The van der Waals surface area contributed by atoms with Gasteiger partial charge in [0.15, 0.2) is 0 Å². The van der Waals surface area contributed by atoms with Gasteiger partial charge in [-0.3, -0.25) is 4.90 Å². The predicted molar refractivity (Wildman–Crippen MR) is 68.8 cm³/mol. The lowest BCUT2D eigenvalue weighted by Crippen LogP contribution is -2.52. The van der Waals surface area contributed by atoms with E-state index in [4.69, 9.17) is 17.3 Å². The summed E-state index contributed by atoms with van der Waals surface area (Å²) < 4.78 is 0.767. The summed E-state index contributed by atoms with van der Waals surface area (Å²) in [6.07, 6.45) is 2.79. The Morgan fingerprint density at radius 3 is 3.00 bits per heavy atom. The Hall–Kier alpha value is -0.160. The average Bonchev–Trinajstić information content (AvgIpc) is 2.57. The second-order valence-electron chi connectivity index (χ2n) is 5.15. The van der Waals surface area contributed by atoms with Crippen LogP contribution in [0.25, 0.3) is 0 Å². The number of halogens is 1. The topological polar surface area (TPSA) is 42.2 Å². The monoisotopic (exact) mass is 259 g/mol. The van der Waals surface area contributed by atoms with Gasteiger partial charge in [0.05, 0.1) is 12.7 Å². The molecule has 0 saturated carbocycles. The lowest BCUT2D eigenvalue weighted by Gasteiger charge is -2.42. The van der Waals surface area contributed by atoms with Crippen molar-refractivity contribution >= 4 is 22.9 Å². The van der Waals surface area contributed by atoms with Crippen molar-refractivity contribution in [1.29, 1.82) is 0 Å². The van der Waals surface area contributed by atoms with Crippen LogP contribution in [0, 0.1) is 5.41 Å². The molecule has 1 aromatic rings. The quantitative estimate of drug-likeness (QED) is 0.887. The van der Waals surface area contributed by atoms with Gasteiger partial charge in [-0.1, -0.05) is 25.4 Å². The third kappa shape index (κ3) is 2.74. The molecule has 2 heterocycles. The summed E-state index contributed by atoms with van der Waals surface area (Å²) in [6.45, 7) is 7.46. The van der Waals surface area contributed by atoms with E-state index in [1.54, 1.807) is 17.5 Å². The Labute approximate surface area is 106 Å². The van der Waals surface area contributed by atoms with E-state index in [-0.39, 0.29) is 5.41 Å². The van der Waals surface area contributed by atoms with E-state index < -0.39 is 0 Å². The standard InChI is InChI=1S/C11H18ClN3S/c1-11(2)7-15(4-3-8(11)13)6-10-14-5-9(12)16-10/h5,8H,3-4,6-7,13H2,1-2H3. The average molecular weight is 260 g/mol. The first-order chi connectivity index (χ1) is 7.47. The number of piperidine rings is 1. The molecule has 1 atom stereocenters. The molecular formula is C11H18ClN3S. The molecule has 16 heavy (non-hydrogen) atoms. The van der Waals surface area contributed by atoms with E-state index in [1.807, 2.05) is 0 Å². The highest BCUT2D eigenvalue weighted by molar-refractivity contribution is 7.15. The highest BCUT2D eigenvalue weighted by Gasteiger charge is 2.33. The van der Waals surface area contributed by atoms with Crippen molar-refractivity contribution in [3.8, 4) is 0 Å². The minimum Gasteiger partial charge on any atom is -0.327 e. The molecule has 0 aliphatic carbocycles. The maximum atomic E-state index is 6.11. The largest absolute Gasteiger partial charge is 0.327 e. The number of thiazole rings is 1. The van der Waals surface area contributed by atoms with E-state index in [0.29, 0.717) is 6.04 Å². The van der Waals surface area contributed by atoms with Crippen LogP contribution in [0.5, 0.6) is 0 Å². The van der Waals surface area contributed by atoms with E-state index in [1.165, 1.54) is 0 Å². The molecule has 0 aromatic carbocycles. The first-order valence-corrected chi connectivity index (χ1v) is 6.75. The second-order valence-corrected chi connectivity index (χ2v) is 6.90. The van der Waals surface area contributed by atoms with Crippen LogP contribution in [0.15, 0.2) is 6.20 Å². The molecule has 5 heteroatoms. The van der Waals surface area contributed by atoms with Crippen LogP contribution in [-0.2, 0) is 6.54 Å². The molecule has 2 N–H and O–H groups in total. The molecule has 0 bridgehead atoms. The van der Waals surface area contributed by atoms with Crippen molar-refractivity contribution < 1.29 is 0 Å². The number of nitrogens with zero attached hydrogens (tertiary/aromatic N) is 2. The van der Waals surface area contributed by atoms with E-state index in [2.05, 4.69) is 23.7 Å². The number of hydrogen-bond donors (Lipinski definition) is 1. The fourth-order valence-electron chi connectivity index (χ4n) is 2.17. The zero-order chi connectivity index (χ0) is 11.8. The lowest BCUT2D eigenvalue weighted by atomic mass is 9.80. The summed E-state index contributed by atoms with van der Waals surface area (Å²) in [6, 6.07) is 0.309. The molecule has 0 radical (unpaired) electrons. The highest BCUT2D eigenvalue weighted by atomic mass is 35.5. The number of rotatable bonds is 2. The van der Waals surface area contributed by atoms with Crippen LogP contribution in [0.2, 0.25) is 4.34 Å². The molecule has 1 aliphatic rings. The third-order valence-electron chi connectivity index (χ3n) is 3.28. The molecular weight excluding hydrogens is 242 g/mol. The zero-order valence-corrected chi connectivity index (χ0v) is 11.3. The van der Waals surface area contributed by atoms with Crippen molar-refractivity contribution in [2.24, 2.45) is 11.1 Å². The smallest absolute Gasteiger partial charge is 0.113 e. The maximum absolute atomic E-state index is 6.11. The summed E-state index contributed by atoms with van der Waals surface area (Å²) in [5.74, 6) is 0. The first-order valence-electron chi connectivity index (χ1n) is 5.55. The normalized spacial score (nSPS) is 25.9. The Balaban J connectivity index is 1.97. The molecule has 3 nitrogen and oxygen atoms in total.